The fraction of sp³-hybridized carbons (Fsp3) is 0.875. The number of nitrogens with zero attached hydrogens (tertiary/aromatic N) is 6. The molecule has 0 aromatic heterocycles. The monoisotopic (exact) mass is 303 g/mol. The topological polar surface area (TPSA) is 217 Å². The summed E-state index contributed by atoms with van der Waals surface area (Å²) in [6, 6.07) is -1.73. The van der Waals surface area contributed by atoms with Crippen LogP contribution < -0.4 is 5.32 Å². The summed E-state index contributed by atoms with van der Waals surface area (Å²) in [7, 11) is 0. The average Bonchev–Trinajstić information content (AvgIpc) is 2.45. The van der Waals surface area contributed by atoms with Gasteiger partial charge in [0, 0.05) is 9.82 Å². The van der Waals surface area contributed by atoms with Crippen LogP contribution >= 0.6 is 0 Å². The Morgan fingerprint density at radius 1 is 1.33 bits per heavy atom. The van der Waals surface area contributed by atoms with E-state index in [-0.39, 0.29) is 0 Å². The zero-order chi connectivity index (χ0) is 16.0. The number of carbonyl (C=O) groups is 1. The van der Waals surface area contributed by atoms with Crippen LogP contribution in [0.2, 0.25) is 0 Å². The third-order valence-corrected chi connectivity index (χ3v) is 2.76. The first-order valence-electron chi connectivity index (χ1n) is 5.63. The van der Waals surface area contributed by atoms with Gasteiger partial charge in [0.1, 0.15) is 30.9 Å². The quantitative estimate of drug-likeness (QED) is 0.216. The van der Waals surface area contributed by atoms with Gasteiger partial charge >= 0.3 is 0 Å². The van der Waals surface area contributed by atoms with E-state index in [0.717, 1.165) is 0 Å². The highest BCUT2D eigenvalue weighted by Crippen LogP contribution is 2.29. The minimum absolute atomic E-state index is 0.647. The number of aliphatic hydroxyl groups is 4. The molecular formula is C8H13N7O6. The summed E-state index contributed by atoms with van der Waals surface area (Å²) in [5, 5.41) is 46.5. The van der Waals surface area contributed by atoms with Crippen molar-refractivity contribution in [2.45, 2.75) is 30.3 Å². The van der Waals surface area contributed by atoms with Crippen molar-refractivity contribution in [3.05, 3.63) is 20.9 Å². The zero-order valence-corrected chi connectivity index (χ0v) is 10.5. The highest BCUT2D eigenvalue weighted by Gasteiger charge is 2.53. The molecule has 116 valence electrons. The van der Waals surface area contributed by atoms with Crippen LogP contribution in [-0.4, -0.2) is 69.7 Å². The first-order valence-corrected chi connectivity index (χ1v) is 5.63. The van der Waals surface area contributed by atoms with Crippen LogP contribution in [0, 0.1) is 0 Å². The van der Waals surface area contributed by atoms with E-state index >= 15 is 0 Å². The molecule has 0 radical (unpaired) electrons. The molecule has 5 N–H and O–H groups in total. The Bertz CT molecular complexity index is 490. The van der Waals surface area contributed by atoms with E-state index < -0.39 is 49.3 Å². The van der Waals surface area contributed by atoms with Crippen molar-refractivity contribution in [2.24, 2.45) is 10.2 Å². The number of azide groups is 2. The number of rotatable bonds is 5. The average molecular weight is 303 g/mol. The number of amides is 1. The maximum Gasteiger partial charge on any atom is 0.270 e. The van der Waals surface area contributed by atoms with Gasteiger partial charge in [-0.05, 0) is 16.2 Å². The van der Waals surface area contributed by atoms with Crippen LogP contribution in [0.5, 0.6) is 0 Å². The van der Waals surface area contributed by atoms with Gasteiger partial charge in [-0.3, -0.25) is 4.79 Å². The van der Waals surface area contributed by atoms with E-state index in [1.807, 2.05) is 5.32 Å². The molecule has 1 aliphatic heterocycles. The maximum absolute atomic E-state index is 11.4. The summed E-state index contributed by atoms with van der Waals surface area (Å²) in [5.74, 6) is -3.64. The lowest BCUT2D eigenvalue weighted by atomic mass is 9.94. The van der Waals surface area contributed by atoms with Gasteiger partial charge in [0.05, 0.1) is 6.61 Å². The molecule has 1 amide bonds. The number of carbonyl (C=O) groups excluding carboxylic acids is 1. The normalized spacial score (nSPS) is 35.2. The summed E-state index contributed by atoms with van der Waals surface area (Å²) in [4.78, 5) is 16.1. The molecule has 1 unspecified atom stereocenters. The molecule has 0 spiro atoms. The predicted molar refractivity (Wildman–Crippen MR) is 64.0 cm³/mol. The Morgan fingerprint density at radius 3 is 2.52 bits per heavy atom. The van der Waals surface area contributed by atoms with Crippen molar-refractivity contribution in [3.63, 3.8) is 0 Å². The highest BCUT2D eigenvalue weighted by molar-refractivity contribution is 5.78. The first kappa shape index (κ1) is 16.9. The van der Waals surface area contributed by atoms with Crippen molar-refractivity contribution >= 4 is 5.91 Å². The molecule has 21 heavy (non-hydrogen) atoms. The third-order valence-electron chi connectivity index (χ3n) is 2.76. The largest absolute Gasteiger partial charge is 0.394 e. The molecule has 0 aliphatic carbocycles. The van der Waals surface area contributed by atoms with E-state index in [4.69, 9.17) is 20.9 Å². The smallest absolute Gasteiger partial charge is 0.270 e. The number of ether oxygens (including phenoxy) is 1. The van der Waals surface area contributed by atoms with Gasteiger partial charge in [0.15, 0.2) is 0 Å². The van der Waals surface area contributed by atoms with Gasteiger partial charge in [0.25, 0.3) is 5.91 Å². The molecule has 1 rings (SSSR count). The summed E-state index contributed by atoms with van der Waals surface area (Å²) in [6.07, 6.45) is -4.89. The Kier molecular flexibility index (Phi) is 5.69. The molecule has 13 nitrogen and oxygen atoms in total. The maximum atomic E-state index is 11.4. The Labute approximate surface area is 117 Å². The SMILES string of the molecule is [N-]=[N+]=NCC(=O)N[C@@H]1[C@@H](O)[C@@H](O)[C@@H](CO)OC1(O)N=[N+]=[N-]. The van der Waals surface area contributed by atoms with E-state index in [0.29, 0.717) is 0 Å². The number of aliphatic hydroxyl groups excluding tert-OH is 3. The lowest BCUT2D eigenvalue weighted by Gasteiger charge is -2.45. The van der Waals surface area contributed by atoms with Crippen LogP contribution in [0.25, 0.3) is 20.9 Å². The second kappa shape index (κ2) is 7.06. The van der Waals surface area contributed by atoms with E-state index in [9.17, 15) is 20.1 Å². The molecule has 1 aliphatic rings. The molecule has 0 aromatic rings. The number of hydrogen-bond acceptors (Lipinski definition) is 8. The third kappa shape index (κ3) is 3.71. The van der Waals surface area contributed by atoms with Gasteiger partial charge < -0.3 is 30.5 Å². The van der Waals surface area contributed by atoms with Crippen molar-refractivity contribution in [1.82, 2.24) is 5.32 Å². The summed E-state index contributed by atoms with van der Waals surface area (Å²) in [5.41, 5.74) is 16.5. The van der Waals surface area contributed by atoms with E-state index in [1.165, 1.54) is 0 Å². The first-order chi connectivity index (χ1) is 9.89. The summed E-state index contributed by atoms with van der Waals surface area (Å²) in [6.45, 7) is -1.42. The van der Waals surface area contributed by atoms with Crippen molar-refractivity contribution in [2.75, 3.05) is 13.2 Å². The highest BCUT2D eigenvalue weighted by atomic mass is 16.7. The van der Waals surface area contributed by atoms with E-state index in [2.05, 4.69) is 20.1 Å². The number of hydrogen-bond donors (Lipinski definition) is 5. The second-order valence-corrected chi connectivity index (χ2v) is 4.10. The molecule has 0 bridgehead atoms. The summed E-state index contributed by atoms with van der Waals surface area (Å²) >= 11 is 0. The minimum Gasteiger partial charge on any atom is -0.394 e. The van der Waals surface area contributed by atoms with E-state index in [1.54, 1.807) is 0 Å². The van der Waals surface area contributed by atoms with Gasteiger partial charge in [0.2, 0.25) is 5.91 Å². The fourth-order valence-electron chi connectivity index (χ4n) is 1.79. The molecule has 5 atom stereocenters. The lowest BCUT2D eigenvalue weighted by molar-refractivity contribution is -0.315. The van der Waals surface area contributed by atoms with Gasteiger partial charge in [-0.25, -0.2) is 0 Å². The minimum atomic E-state index is -2.73. The van der Waals surface area contributed by atoms with Crippen LogP contribution in [0.3, 0.4) is 0 Å². The standard InChI is InChI=1S/C8H13N7O6/c9-14-11-1-4(17)12-7-6(19)5(18)3(2-16)21-8(7,20)13-15-10/h3,5-7,16,18-20H,1-2H2,(H,12,17)/t3-,5+,6+,7-,8?/m1/s1. The molecule has 1 heterocycles. The molecule has 1 saturated heterocycles. The van der Waals surface area contributed by atoms with Gasteiger partial charge in [-0.2, -0.15) is 0 Å². The fourth-order valence-corrected chi connectivity index (χ4v) is 1.79. The zero-order valence-electron chi connectivity index (χ0n) is 10.5. The van der Waals surface area contributed by atoms with Crippen LogP contribution in [0.1, 0.15) is 0 Å². The molecule has 1 fully saturated rings. The Balaban J connectivity index is 3.02. The molecule has 0 aromatic carbocycles. The molecule has 13 heteroatoms. The lowest BCUT2D eigenvalue weighted by Crippen LogP contribution is -2.69. The predicted octanol–water partition coefficient (Wildman–Crippen LogP) is -2.15. The van der Waals surface area contributed by atoms with Crippen molar-refractivity contribution in [1.29, 1.82) is 0 Å². The Hall–Kier alpha value is -2.11. The van der Waals surface area contributed by atoms with Gasteiger partial charge in [-0.15, -0.1) is 0 Å². The van der Waals surface area contributed by atoms with Crippen molar-refractivity contribution < 1.29 is 30.0 Å². The second-order valence-electron chi connectivity index (χ2n) is 4.10. The molecular weight excluding hydrogens is 290 g/mol. The Morgan fingerprint density at radius 2 is 2.00 bits per heavy atom. The van der Waals surface area contributed by atoms with Gasteiger partial charge in [-0.1, -0.05) is 5.11 Å². The number of nitrogens with one attached hydrogen (secondary N) is 1. The van der Waals surface area contributed by atoms with Crippen molar-refractivity contribution in [3.8, 4) is 0 Å². The van der Waals surface area contributed by atoms with Crippen LogP contribution in [-0.2, 0) is 9.53 Å². The van der Waals surface area contributed by atoms with Crippen LogP contribution in [0.4, 0.5) is 0 Å². The molecule has 0 saturated carbocycles. The van der Waals surface area contributed by atoms with Crippen LogP contribution in [0.15, 0.2) is 10.2 Å². The summed E-state index contributed by atoms with van der Waals surface area (Å²) < 4.78 is 4.82.